The third-order valence-electron chi connectivity index (χ3n) is 4.25. The number of fused-ring (bicyclic) bond motifs is 1. The van der Waals surface area contributed by atoms with Crippen LogP contribution in [0.1, 0.15) is 42.4 Å². The smallest absolute Gasteiger partial charge is 0.136 e. The van der Waals surface area contributed by atoms with Crippen LogP contribution in [-0.2, 0) is 19.3 Å². The van der Waals surface area contributed by atoms with Gasteiger partial charge in [-0.3, -0.25) is 0 Å². The third kappa shape index (κ3) is 2.19. The van der Waals surface area contributed by atoms with Gasteiger partial charge in [-0.1, -0.05) is 6.07 Å². The number of hydrogen-bond donors (Lipinski definition) is 1. The number of benzene rings is 1. The zero-order valence-corrected chi connectivity index (χ0v) is 12.5. The van der Waals surface area contributed by atoms with E-state index < -0.39 is 0 Å². The van der Waals surface area contributed by atoms with Gasteiger partial charge in [-0.05, 0) is 77.6 Å². The lowest BCUT2D eigenvalue weighted by Gasteiger charge is -2.23. The van der Waals surface area contributed by atoms with Crippen molar-refractivity contribution in [3.8, 4) is 5.75 Å². The van der Waals surface area contributed by atoms with Gasteiger partial charge in [-0.2, -0.15) is 0 Å². The second-order valence-electron chi connectivity index (χ2n) is 5.77. The molecule has 0 radical (unpaired) electrons. The molecule has 0 atom stereocenters. The fraction of sp³-hybridized carbons (Fsp3) is 0.600. The minimum Gasteiger partial charge on any atom is -0.495 e. The van der Waals surface area contributed by atoms with Gasteiger partial charge in [0.25, 0.3) is 0 Å². The Morgan fingerprint density at radius 2 is 2.06 bits per heavy atom. The number of aryl methyl sites for hydroxylation is 1. The molecule has 0 bridgehead atoms. The molecule has 1 saturated carbocycles. The molecule has 1 aromatic rings. The summed E-state index contributed by atoms with van der Waals surface area (Å²) >= 11 is 3.74. The SMILES string of the molecule is COc1c(CC2(N)CC2)cc2c(c1Br)CCCC2. The van der Waals surface area contributed by atoms with E-state index in [1.807, 2.05) is 0 Å². The van der Waals surface area contributed by atoms with Crippen LogP contribution in [0.4, 0.5) is 0 Å². The summed E-state index contributed by atoms with van der Waals surface area (Å²) in [6, 6.07) is 2.34. The molecule has 2 nitrogen and oxygen atoms in total. The summed E-state index contributed by atoms with van der Waals surface area (Å²) in [6.07, 6.45) is 8.19. The third-order valence-corrected chi connectivity index (χ3v) is 5.09. The van der Waals surface area contributed by atoms with Gasteiger partial charge in [0.2, 0.25) is 0 Å². The maximum atomic E-state index is 6.26. The second-order valence-corrected chi connectivity index (χ2v) is 6.56. The van der Waals surface area contributed by atoms with Crippen LogP contribution in [0, 0.1) is 0 Å². The first-order valence-electron chi connectivity index (χ1n) is 6.79. The van der Waals surface area contributed by atoms with Crippen LogP contribution in [0.2, 0.25) is 0 Å². The van der Waals surface area contributed by atoms with Crippen molar-refractivity contribution in [2.45, 2.75) is 50.5 Å². The van der Waals surface area contributed by atoms with E-state index >= 15 is 0 Å². The van der Waals surface area contributed by atoms with Crippen molar-refractivity contribution in [3.05, 3.63) is 27.2 Å². The van der Waals surface area contributed by atoms with E-state index in [2.05, 4.69) is 22.0 Å². The van der Waals surface area contributed by atoms with E-state index in [9.17, 15) is 0 Å². The van der Waals surface area contributed by atoms with E-state index in [-0.39, 0.29) is 5.54 Å². The summed E-state index contributed by atoms with van der Waals surface area (Å²) in [5.74, 6) is 1.01. The van der Waals surface area contributed by atoms with E-state index in [0.717, 1.165) is 25.0 Å². The van der Waals surface area contributed by atoms with Crippen molar-refractivity contribution in [1.82, 2.24) is 0 Å². The topological polar surface area (TPSA) is 35.2 Å². The Hall–Kier alpha value is -0.540. The summed E-state index contributed by atoms with van der Waals surface area (Å²) in [6.45, 7) is 0. The fourth-order valence-electron chi connectivity index (χ4n) is 2.96. The van der Waals surface area contributed by atoms with Crippen LogP contribution in [0.25, 0.3) is 0 Å². The van der Waals surface area contributed by atoms with Gasteiger partial charge in [-0.25, -0.2) is 0 Å². The van der Waals surface area contributed by atoms with Crippen molar-refractivity contribution in [2.75, 3.05) is 7.11 Å². The van der Waals surface area contributed by atoms with Crippen LogP contribution in [-0.4, -0.2) is 12.6 Å². The Balaban J connectivity index is 2.03. The lowest BCUT2D eigenvalue weighted by Crippen LogP contribution is -2.25. The van der Waals surface area contributed by atoms with Crippen LogP contribution < -0.4 is 10.5 Å². The number of halogens is 1. The quantitative estimate of drug-likeness (QED) is 0.929. The first-order chi connectivity index (χ1) is 8.63. The maximum absolute atomic E-state index is 6.26. The Kier molecular flexibility index (Phi) is 3.15. The molecule has 2 aliphatic carbocycles. The number of nitrogens with two attached hydrogens (primary N) is 1. The molecular weight excluding hydrogens is 290 g/mol. The van der Waals surface area contributed by atoms with Crippen molar-refractivity contribution in [1.29, 1.82) is 0 Å². The summed E-state index contributed by atoms with van der Waals surface area (Å²) in [5, 5.41) is 0. The molecule has 2 N–H and O–H groups in total. The van der Waals surface area contributed by atoms with Gasteiger partial charge in [-0.15, -0.1) is 0 Å². The molecule has 0 amide bonds. The number of methoxy groups -OCH3 is 1. The van der Waals surface area contributed by atoms with Crippen LogP contribution in [0.15, 0.2) is 10.5 Å². The Bertz CT molecular complexity index is 480. The van der Waals surface area contributed by atoms with Gasteiger partial charge in [0.05, 0.1) is 11.6 Å². The molecule has 2 aliphatic rings. The van der Waals surface area contributed by atoms with Gasteiger partial charge < -0.3 is 10.5 Å². The normalized spacial score (nSPS) is 20.4. The van der Waals surface area contributed by atoms with Crippen LogP contribution in [0.5, 0.6) is 5.75 Å². The van der Waals surface area contributed by atoms with Gasteiger partial charge in [0.1, 0.15) is 5.75 Å². The van der Waals surface area contributed by atoms with Crippen LogP contribution >= 0.6 is 15.9 Å². The highest BCUT2D eigenvalue weighted by Crippen LogP contribution is 2.43. The molecule has 3 rings (SSSR count). The highest BCUT2D eigenvalue weighted by Gasteiger charge is 2.39. The first-order valence-corrected chi connectivity index (χ1v) is 7.58. The first kappa shape index (κ1) is 12.5. The van der Waals surface area contributed by atoms with Crippen molar-refractivity contribution in [3.63, 3.8) is 0 Å². The highest BCUT2D eigenvalue weighted by molar-refractivity contribution is 9.10. The molecule has 0 spiro atoms. The maximum Gasteiger partial charge on any atom is 0.136 e. The molecule has 0 saturated heterocycles. The molecular formula is C15H20BrNO. The predicted octanol–water partition coefficient (Wildman–Crippen LogP) is 3.37. The van der Waals surface area contributed by atoms with Crippen LogP contribution in [0.3, 0.4) is 0 Å². The minimum absolute atomic E-state index is 0.0373. The van der Waals surface area contributed by atoms with Crippen molar-refractivity contribution < 1.29 is 4.74 Å². The number of rotatable bonds is 3. The van der Waals surface area contributed by atoms with Crippen molar-refractivity contribution in [2.24, 2.45) is 5.73 Å². The molecule has 18 heavy (non-hydrogen) atoms. The molecule has 1 fully saturated rings. The fourth-order valence-corrected chi connectivity index (χ4v) is 3.83. The molecule has 0 heterocycles. The molecule has 1 aromatic carbocycles. The van der Waals surface area contributed by atoms with E-state index in [4.69, 9.17) is 10.5 Å². The lowest BCUT2D eigenvalue weighted by atomic mass is 9.88. The van der Waals surface area contributed by atoms with E-state index in [1.165, 1.54) is 46.8 Å². The largest absolute Gasteiger partial charge is 0.495 e. The molecule has 0 unspecified atom stereocenters. The average Bonchev–Trinajstić information content (AvgIpc) is 3.07. The summed E-state index contributed by atoms with van der Waals surface area (Å²) in [5.41, 5.74) is 10.5. The molecule has 0 aliphatic heterocycles. The predicted molar refractivity (Wildman–Crippen MR) is 77.2 cm³/mol. The highest BCUT2D eigenvalue weighted by atomic mass is 79.9. The van der Waals surface area contributed by atoms with Crippen molar-refractivity contribution >= 4 is 15.9 Å². The van der Waals surface area contributed by atoms with Gasteiger partial charge in [0, 0.05) is 5.54 Å². The number of ether oxygens (including phenoxy) is 1. The molecule has 3 heteroatoms. The van der Waals surface area contributed by atoms with Gasteiger partial charge in [0.15, 0.2) is 0 Å². The second kappa shape index (κ2) is 4.53. The summed E-state index contributed by atoms with van der Waals surface area (Å²) < 4.78 is 6.78. The van der Waals surface area contributed by atoms with E-state index in [0.29, 0.717) is 0 Å². The zero-order valence-electron chi connectivity index (χ0n) is 10.9. The minimum atomic E-state index is 0.0373. The summed E-state index contributed by atoms with van der Waals surface area (Å²) in [7, 11) is 1.76. The average molecular weight is 310 g/mol. The monoisotopic (exact) mass is 309 g/mol. The zero-order chi connectivity index (χ0) is 12.8. The molecule has 98 valence electrons. The Morgan fingerprint density at radius 1 is 1.33 bits per heavy atom. The Morgan fingerprint density at radius 3 is 2.72 bits per heavy atom. The standard InChI is InChI=1S/C15H20BrNO/c1-18-14-11(9-15(17)6-7-15)8-10-4-2-3-5-12(10)13(14)16/h8H,2-7,9,17H2,1H3. The summed E-state index contributed by atoms with van der Waals surface area (Å²) in [4.78, 5) is 0. The Labute approximate surface area is 117 Å². The molecule has 0 aromatic heterocycles. The lowest BCUT2D eigenvalue weighted by molar-refractivity contribution is 0.403. The van der Waals surface area contributed by atoms with Gasteiger partial charge >= 0.3 is 0 Å². The number of hydrogen-bond acceptors (Lipinski definition) is 2. The van der Waals surface area contributed by atoms with E-state index in [1.54, 1.807) is 7.11 Å².